The first-order valence-electron chi connectivity index (χ1n) is 7.76. The lowest BCUT2D eigenvalue weighted by atomic mass is 9.97. The maximum Gasteiger partial charge on any atom is 0.222 e. The Bertz CT molecular complexity index is 225. The van der Waals surface area contributed by atoms with Gasteiger partial charge in [-0.2, -0.15) is 0 Å². The van der Waals surface area contributed by atoms with E-state index < -0.39 is 0 Å². The summed E-state index contributed by atoms with van der Waals surface area (Å²) in [6, 6.07) is 0. The van der Waals surface area contributed by atoms with Crippen LogP contribution in [0.15, 0.2) is 0 Å². The van der Waals surface area contributed by atoms with Gasteiger partial charge < -0.3 is 10.2 Å². The fourth-order valence-corrected chi connectivity index (χ4v) is 2.64. The van der Waals surface area contributed by atoms with E-state index in [0.717, 1.165) is 39.0 Å². The van der Waals surface area contributed by atoms with Crippen molar-refractivity contribution in [3.8, 4) is 0 Å². The van der Waals surface area contributed by atoms with Crippen LogP contribution in [0.3, 0.4) is 0 Å². The van der Waals surface area contributed by atoms with Gasteiger partial charge in [0.2, 0.25) is 5.91 Å². The number of nitrogens with zero attached hydrogens (tertiary/aromatic N) is 1. The lowest BCUT2D eigenvalue weighted by molar-refractivity contribution is -0.131. The fourth-order valence-electron chi connectivity index (χ4n) is 2.64. The molecule has 0 unspecified atom stereocenters. The summed E-state index contributed by atoms with van der Waals surface area (Å²) in [7, 11) is 0. The first-order valence-corrected chi connectivity index (χ1v) is 7.76. The van der Waals surface area contributed by atoms with Crippen LogP contribution in [0.5, 0.6) is 0 Å². The molecule has 0 aliphatic carbocycles. The second kappa shape index (κ2) is 9.37. The Morgan fingerprint density at radius 3 is 2.50 bits per heavy atom. The van der Waals surface area contributed by atoms with Crippen LogP contribution in [0.4, 0.5) is 0 Å². The highest BCUT2D eigenvalue weighted by atomic mass is 16.2. The largest absolute Gasteiger partial charge is 0.343 e. The first-order chi connectivity index (χ1) is 8.77. The third-order valence-electron chi connectivity index (χ3n) is 3.92. The summed E-state index contributed by atoms with van der Waals surface area (Å²) in [6.45, 7) is 8.39. The minimum absolute atomic E-state index is 0.368. The molecule has 0 aromatic heterocycles. The predicted octanol–water partition coefficient (Wildman–Crippen LogP) is 2.80. The van der Waals surface area contributed by atoms with E-state index in [1.807, 2.05) is 0 Å². The number of carbonyl (C=O) groups excluding carboxylic acids is 1. The van der Waals surface area contributed by atoms with Gasteiger partial charge in [0.05, 0.1) is 0 Å². The highest BCUT2D eigenvalue weighted by Gasteiger charge is 2.19. The molecular weight excluding hydrogens is 224 g/mol. The summed E-state index contributed by atoms with van der Waals surface area (Å²) >= 11 is 0. The van der Waals surface area contributed by atoms with Crippen LogP contribution in [-0.2, 0) is 4.79 Å². The van der Waals surface area contributed by atoms with E-state index in [-0.39, 0.29) is 0 Å². The molecule has 0 aromatic rings. The minimum atomic E-state index is 0.368. The zero-order chi connectivity index (χ0) is 13.2. The van der Waals surface area contributed by atoms with Crippen molar-refractivity contribution < 1.29 is 4.79 Å². The molecule has 0 atom stereocenters. The standard InChI is InChI=1S/C15H30N2O/c1-3-5-6-7-8-15(18)17(4-2)13-14-9-11-16-12-10-14/h14,16H,3-13H2,1-2H3. The van der Waals surface area contributed by atoms with Crippen molar-refractivity contribution in [3.63, 3.8) is 0 Å². The van der Waals surface area contributed by atoms with E-state index in [2.05, 4.69) is 24.1 Å². The van der Waals surface area contributed by atoms with Gasteiger partial charge in [0.1, 0.15) is 0 Å². The van der Waals surface area contributed by atoms with E-state index in [0.29, 0.717) is 11.8 Å². The minimum Gasteiger partial charge on any atom is -0.343 e. The van der Waals surface area contributed by atoms with E-state index in [1.54, 1.807) is 0 Å². The Kier molecular flexibility index (Phi) is 8.06. The molecule has 1 N–H and O–H groups in total. The summed E-state index contributed by atoms with van der Waals surface area (Å²) in [5.74, 6) is 1.08. The van der Waals surface area contributed by atoms with Gasteiger partial charge in [-0.15, -0.1) is 0 Å². The van der Waals surface area contributed by atoms with Crippen molar-refractivity contribution in [3.05, 3.63) is 0 Å². The molecule has 1 heterocycles. The molecule has 1 rings (SSSR count). The van der Waals surface area contributed by atoms with Gasteiger partial charge in [0, 0.05) is 19.5 Å². The molecule has 0 bridgehead atoms. The third-order valence-corrected chi connectivity index (χ3v) is 3.92. The van der Waals surface area contributed by atoms with E-state index in [1.165, 1.54) is 32.1 Å². The van der Waals surface area contributed by atoms with Crippen LogP contribution in [0, 0.1) is 5.92 Å². The lowest BCUT2D eigenvalue weighted by Crippen LogP contribution is -2.39. The molecule has 106 valence electrons. The molecule has 3 heteroatoms. The average molecular weight is 254 g/mol. The van der Waals surface area contributed by atoms with Crippen molar-refractivity contribution in [1.82, 2.24) is 10.2 Å². The maximum atomic E-state index is 12.1. The van der Waals surface area contributed by atoms with Crippen molar-refractivity contribution in [2.24, 2.45) is 5.92 Å². The number of nitrogens with one attached hydrogen (secondary N) is 1. The molecule has 3 nitrogen and oxygen atoms in total. The van der Waals surface area contributed by atoms with Gasteiger partial charge in [-0.1, -0.05) is 26.2 Å². The van der Waals surface area contributed by atoms with Crippen LogP contribution < -0.4 is 5.32 Å². The van der Waals surface area contributed by atoms with Gasteiger partial charge in [-0.05, 0) is 45.2 Å². The molecule has 0 spiro atoms. The van der Waals surface area contributed by atoms with Gasteiger partial charge in [0.15, 0.2) is 0 Å². The summed E-state index contributed by atoms with van der Waals surface area (Å²) in [4.78, 5) is 14.2. The topological polar surface area (TPSA) is 32.3 Å². The predicted molar refractivity (Wildman–Crippen MR) is 76.6 cm³/mol. The summed E-state index contributed by atoms with van der Waals surface area (Å²) < 4.78 is 0. The number of unbranched alkanes of at least 4 members (excludes halogenated alkanes) is 3. The van der Waals surface area contributed by atoms with Crippen LogP contribution in [-0.4, -0.2) is 37.0 Å². The molecule has 0 aromatic carbocycles. The van der Waals surface area contributed by atoms with Crippen LogP contribution in [0.1, 0.15) is 58.8 Å². The molecule has 1 fully saturated rings. The molecule has 0 radical (unpaired) electrons. The molecule has 1 saturated heterocycles. The first kappa shape index (κ1) is 15.5. The molecular formula is C15H30N2O. The van der Waals surface area contributed by atoms with Gasteiger partial charge >= 0.3 is 0 Å². The van der Waals surface area contributed by atoms with Crippen molar-refractivity contribution in [1.29, 1.82) is 0 Å². The number of rotatable bonds is 8. The summed E-state index contributed by atoms with van der Waals surface area (Å²) in [5.41, 5.74) is 0. The smallest absolute Gasteiger partial charge is 0.222 e. The second-order valence-electron chi connectivity index (χ2n) is 5.44. The highest BCUT2D eigenvalue weighted by Crippen LogP contribution is 2.14. The Labute approximate surface area is 112 Å². The summed E-state index contributed by atoms with van der Waals surface area (Å²) in [5, 5.41) is 3.38. The number of hydrogen-bond acceptors (Lipinski definition) is 2. The average Bonchev–Trinajstić information content (AvgIpc) is 2.42. The van der Waals surface area contributed by atoms with Crippen molar-refractivity contribution >= 4 is 5.91 Å². The van der Waals surface area contributed by atoms with E-state index in [4.69, 9.17) is 0 Å². The van der Waals surface area contributed by atoms with E-state index >= 15 is 0 Å². The SMILES string of the molecule is CCCCCCC(=O)N(CC)CC1CCNCC1. The second-order valence-corrected chi connectivity index (χ2v) is 5.44. The highest BCUT2D eigenvalue weighted by molar-refractivity contribution is 5.76. The van der Waals surface area contributed by atoms with Crippen molar-refractivity contribution in [2.75, 3.05) is 26.2 Å². The Balaban J connectivity index is 2.23. The normalized spacial score (nSPS) is 16.8. The molecule has 1 aliphatic heterocycles. The maximum absolute atomic E-state index is 12.1. The molecule has 18 heavy (non-hydrogen) atoms. The fraction of sp³-hybridized carbons (Fsp3) is 0.933. The zero-order valence-corrected chi connectivity index (χ0v) is 12.2. The quantitative estimate of drug-likeness (QED) is 0.676. The Morgan fingerprint density at radius 1 is 1.17 bits per heavy atom. The molecule has 1 amide bonds. The Morgan fingerprint density at radius 2 is 1.89 bits per heavy atom. The number of amides is 1. The summed E-state index contributed by atoms with van der Waals surface area (Å²) in [6.07, 6.45) is 7.95. The number of hydrogen-bond donors (Lipinski definition) is 1. The Hall–Kier alpha value is -0.570. The number of carbonyl (C=O) groups is 1. The van der Waals surface area contributed by atoms with Gasteiger partial charge in [-0.25, -0.2) is 0 Å². The number of piperidine rings is 1. The monoisotopic (exact) mass is 254 g/mol. The lowest BCUT2D eigenvalue weighted by Gasteiger charge is -2.29. The van der Waals surface area contributed by atoms with Crippen LogP contribution in [0.25, 0.3) is 0 Å². The van der Waals surface area contributed by atoms with Gasteiger partial charge in [0.25, 0.3) is 0 Å². The van der Waals surface area contributed by atoms with Gasteiger partial charge in [-0.3, -0.25) is 4.79 Å². The van der Waals surface area contributed by atoms with Crippen LogP contribution in [0.2, 0.25) is 0 Å². The van der Waals surface area contributed by atoms with Crippen LogP contribution >= 0.6 is 0 Å². The van der Waals surface area contributed by atoms with E-state index in [9.17, 15) is 4.79 Å². The molecule has 1 aliphatic rings. The zero-order valence-electron chi connectivity index (χ0n) is 12.2. The van der Waals surface area contributed by atoms with Crippen molar-refractivity contribution in [2.45, 2.75) is 58.8 Å². The third kappa shape index (κ3) is 5.85. The molecule has 0 saturated carbocycles.